The average molecular weight is 243 g/mol. The topological polar surface area (TPSA) is 12.0 Å². The predicted molar refractivity (Wildman–Crippen MR) is 73.1 cm³/mol. The first-order valence-corrected chi connectivity index (χ1v) is 7.66. The lowest BCUT2D eigenvalue weighted by molar-refractivity contribution is 0.541. The molecule has 0 aliphatic rings. The van der Waals surface area contributed by atoms with Crippen LogP contribution in [0.1, 0.15) is 28.7 Å². The molecule has 0 amide bonds. The number of thiophene rings is 1. The lowest BCUT2D eigenvalue weighted by Crippen LogP contribution is -2.30. The highest BCUT2D eigenvalue weighted by Crippen LogP contribution is 2.20. The van der Waals surface area contributed by atoms with Crippen LogP contribution in [0, 0.1) is 13.8 Å². The number of rotatable bonds is 6. The highest BCUT2D eigenvalue weighted by Gasteiger charge is 2.07. The minimum Gasteiger partial charge on any atom is -0.309 e. The molecule has 3 heteroatoms. The van der Waals surface area contributed by atoms with Gasteiger partial charge in [-0.2, -0.15) is 11.8 Å². The molecule has 0 fully saturated rings. The van der Waals surface area contributed by atoms with E-state index in [0.29, 0.717) is 6.04 Å². The number of hydrogen-bond donors (Lipinski definition) is 1. The summed E-state index contributed by atoms with van der Waals surface area (Å²) in [4.78, 5) is 2.88. The molecule has 0 aromatic carbocycles. The maximum atomic E-state index is 3.63. The normalized spacial score (nSPS) is 13.1. The summed E-state index contributed by atoms with van der Waals surface area (Å²) < 4.78 is 0. The maximum absolute atomic E-state index is 3.63. The first kappa shape index (κ1) is 13.1. The van der Waals surface area contributed by atoms with Gasteiger partial charge < -0.3 is 5.32 Å². The Bertz CT molecular complexity index is 294. The summed E-state index contributed by atoms with van der Waals surface area (Å²) in [5.41, 5.74) is 1.47. The molecule has 1 heterocycles. The Kier molecular flexibility index (Phi) is 5.72. The lowest BCUT2D eigenvalue weighted by Gasteiger charge is -2.15. The summed E-state index contributed by atoms with van der Waals surface area (Å²) >= 11 is 3.82. The molecular formula is C12H21NS2. The minimum absolute atomic E-state index is 0.652. The molecule has 1 unspecified atom stereocenters. The van der Waals surface area contributed by atoms with Gasteiger partial charge in [-0.1, -0.05) is 6.92 Å². The van der Waals surface area contributed by atoms with Crippen LogP contribution in [0.15, 0.2) is 6.07 Å². The first-order chi connectivity index (χ1) is 7.17. The van der Waals surface area contributed by atoms with Crippen LogP contribution in [-0.2, 0) is 6.54 Å². The predicted octanol–water partition coefficient (Wildman–Crippen LogP) is 3.60. The van der Waals surface area contributed by atoms with Gasteiger partial charge in [-0.25, -0.2) is 0 Å². The molecule has 0 radical (unpaired) electrons. The van der Waals surface area contributed by atoms with Gasteiger partial charge in [-0.3, -0.25) is 0 Å². The van der Waals surface area contributed by atoms with E-state index in [1.165, 1.54) is 27.5 Å². The van der Waals surface area contributed by atoms with E-state index >= 15 is 0 Å². The van der Waals surface area contributed by atoms with Crippen molar-refractivity contribution in [2.75, 3.05) is 12.0 Å². The van der Waals surface area contributed by atoms with Gasteiger partial charge >= 0.3 is 0 Å². The summed E-state index contributed by atoms with van der Waals surface area (Å²) in [5.74, 6) is 1.21. The van der Waals surface area contributed by atoms with Gasteiger partial charge in [0.1, 0.15) is 0 Å². The Morgan fingerprint density at radius 3 is 2.67 bits per heavy atom. The van der Waals surface area contributed by atoms with Gasteiger partial charge in [0.25, 0.3) is 0 Å². The van der Waals surface area contributed by atoms with Crippen LogP contribution in [0.25, 0.3) is 0 Å². The molecule has 15 heavy (non-hydrogen) atoms. The Morgan fingerprint density at radius 2 is 2.20 bits per heavy atom. The Balaban J connectivity index is 2.44. The van der Waals surface area contributed by atoms with Crippen molar-refractivity contribution in [2.24, 2.45) is 0 Å². The molecule has 1 aromatic heterocycles. The number of thioether (sulfide) groups is 1. The fraction of sp³-hybridized carbons (Fsp3) is 0.667. The molecular weight excluding hydrogens is 222 g/mol. The molecule has 0 aliphatic carbocycles. The van der Waals surface area contributed by atoms with E-state index in [0.717, 1.165) is 6.54 Å². The van der Waals surface area contributed by atoms with E-state index < -0.39 is 0 Å². The van der Waals surface area contributed by atoms with Gasteiger partial charge in [-0.15, -0.1) is 11.3 Å². The molecule has 86 valence electrons. The average Bonchev–Trinajstić information content (AvgIpc) is 2.52. The highest BCUT2D eigenvalue weighted by atomic mass is 32.2. The SMILES string of the molecule is CCC(CSC)NCc1cc(C)sc1C. The molecule has 1 N–H and O–H groups in total. The second-order valence-corrected chi connectivity index (χ2v) is 6.25. The van der Waals surface area contributed by atoms with Crippen LogP contribution in [0.2, 0.25) is 0 Å². The molecule has 0 bridgehead atoms. The second-order valence-electron chi connectivity index (χ2n) is 3.88. The largest absolute Gasteiger partial charge is 0.309 e. The first-order valence-electron chi connectivity index (χ1n) is 5.45. The monoisotopic (exact) mass is 243 g/mol. The van der Waals surface area contributed by atoms with Crippen molar-refractivity contribution >= 4 is 23.1 Å². The van der Waals surface area contributed by atoms with Gasteiger partial charge in [0.05, 0.1) is 0 Å². The summed E-state index contributed by atoms with van der Waals surface area (Å²) in [6.07, 6.45) is 3.38. The van der Waals surface area contributed by atoms with Crippen molar-refractivity contribution in [1.29, 1.82) is 0 Å². The van der Waals surface area contributed by atoms with E-state index in [4.69, 9.17) is 0 Å². The summed E-state index contributed by atoms with van der Waals surface area (Å²) in [6.45, 7) is 7.67. The zero-order chi connectivity index (χ0) is 11.3. The van der Waals surface area contributed by atoms with Gasteiger partial charge in [0.2, 0.25) is 0 Å². The van der Waals surface area contributed by atoms with E-state index in [1.807, 2.05) is 23.1 Å². The second kappa shape index (κ2) is 6.56. The quantitative estimate of drug-likeness (QED) is 0.819. The van der Waals surface area contributed by atoms with Crippen LogP contribution in [-0.4, -0.2) is 18.1 Å². The molecule has 0 saturated heterocycles. The molecule has 0 saturated carbocycles. The van der Waals surface area contributed by atoms with Gasteiger partial charge in [-0.05, 0) is 38.2 Å². The molecule has 0 aliphatic heterocycles. The third-order valence-corrected chi connectivity index (χ3v) is 4.33. The smallest absolute Gasteiger partial charge is 0.0219 e. The summed E-state index contributed by atoms with van der Waals surface area (Å²) in [6, 6.07) is 2.96. The van der Waals surface area contributed by atoms with Crippen molar-refractivity contribution in [3.05, 3.63) is 21.4 Å². The number of aryl methyl sites for hydroxylation is 2. The fourth-order valence-electron chi connectivity index (χ4n) is 1.64. The van der Waals surface area contributed by atoms with Crippen LogP contribution < -0.4 is 5.32 Å². The van der Waals surface area contributed by atoms with Crippen LogP contribution >= 0.6 is 23.1 Å². The zero-order valence-corrected chi connectivity index (χ0v) is 11.7. The summed E-state index contributed by atoms with van der Waals surface area (Å²) in [7, 11) is 0. The molecule has 0 spiro atoms. The summed E-state index contributed by atoms with van der Waals surface area (Å²) in [5, 5.41) is 3.63. The minimum atomic E-state index is 0.652. The number of nitrogens with one attached hydrogen (secondary N) is 1. The number of hydrogen-bond acceptors (Lipinski definition) is 3. The van der Waals surface area contributed by atoms with Gasteiger partial charge in [0.15, 0.2) is 0 Å². The highest BCUT2D eigenvalue weighted by molar-refractivity contribution is 7.98. The van der Waals surface area contributed by atoms with Crippen molar-refractivity contribution < 1.29 is 0 Å². The van der Waals surface area contributed by atoms with Crippen LogP contribution in [0.5, 0.6) is 0 Å². The maximum Gasteiger partial charge on any atom is 0.0219 e. The molecule has 1 rings (SSSR count). The standard InChI is InChI=1S/C12H21NS2/c1-5-12(8-14-4)13-7-11-6-9(2)15-10(11)3/h6,12-13H,5,7-8H2,1-4H3. The Morgan fingerprint density at radius 1 is 1.47 bits per heavy atom. The third-order valence-electron chi connectivity index (χ3n) is 2.59. The molecule has 1 atom stereocenters. The fourth-order valence-corrected chi connectivity index (χ4v) is 3.34. The van der Waals surface area contributed by atoms with Crippen molar-refractivity contribution in [3.8, 4) is 0 Å². The van der Waals surface area contributed by atoms with E-state index in [2.05, 4.69) is 38.4 Å². The molecule has 1 nitrogen and oxygen atoms in total. The molecule has 1 aromatic rings. The third kappa shape index (κ3) is 4.17. The van der Waals surface area contributed by atoms with E-state index in [-0.39, 0.29) is 0 Å². The van der Waals surface area contributed by atoms with Crippen molar-refractivity contribution in [3.63, 3.8) is 0 Å². The van der Waals surface area contributed by atoms with Crippen molar-refractivity contribution in [2.45, 2.75) is 39.8 Å². The lowest BCUT2D eigenvalue weighted by atomic mass is 10.2. The van der Waals surface area contributed by atoms with Crippen LogP contribution in [0.4, 0.5) is 0 Å². The Hall–Kier alpha value is 0.01000. The van der Waals surface area contributed by atoms with Gasteiger partial charge in [0, 0.05) is 28.1 Å². The van der Waals surface area contributed by atoms with E-state index in [9.17, 15) is 0 Å². The van der Waals surface area contributed by atoms with E-state index in [1.54, 1.807) is 0 Å². The van der Waals surface area contributed by atoms with Crippen LogP contribution in [0.3, 0.4) is 0 Å². The Labute approximate surface area is 102 Å². The van der Waals surface area contributed by atoms with Crippen molar-refractivity contribution in [1.82, 2.24) is 5.32 Å². The zero-order valence-electron chi connectivity index (χ0n) is 10.1.